The van der Waals surface area contributed by atoms with Gasteiger partial charge in [0.25, 0.3) is 5.91 Å². The van der Waals surface area contributed by atoms with Gasteiger partial charge in [-0.05, 0) is 47.5 Å². The van der Waals surface area contributed by atoms with Crippen molar-refractivity contribution in [1.82, 2.24) is 19.6 Å². The van der Waals surface area contributed by atoms with Gasteiger partial charge in [-0.1, -0.05) is 12.1 Å². The van der Waals surface area contributed by atoms with E-state index in [2.05, 4.69) is 31.4 Å². The molecule has 0 aliphatic rings. The number of carboxylic acids is 1. The van der Waals surface area contributed by atoms with Gasteiger partial charge < -0.3 is 10.4 Å². The highest BCUT2D eigenvalue weighted by atomic mass is 79.9. The number of aryl methyl sites for hydroxylation is 2. The lowest BCUT2D eigenvalue weighted by Crippen LogP contribution is -2.12. The molecule has 3 aromatic rings. The summed E-state index contributed by atoms with van der Waals surface area (Å²) >= 11 is 3.53. The average molecular weight is 446 g/mol. The predicted molar refractivity (Wildman–Crippen MR) is 107 cm³/mol. The Morgan fingerprint density at radius 2 is 2.07 bits per heavy atom. The van der Waals surface area contributed by atoms with Crippen LogP contribution in [0.1, 0.15) is 33.7 Å². The van der Waals surface area contributed by atoms with Gasteiger partial charge in [-0.2, -0.15) is 10.2 Å². The van der Waals surface area contributed by atoms with Crippen LogP contribution in [0.5, 0.6) is 0 Å². The molecule has 2 N–H and O–H groups in total. The molecule has 28 heavy (non-hydrogen) atoms. The Bertz CT molecular complexity index is 1020. The fourth-order valence-electron chi connectivity index (χ4n) is 2.77. The van der Waals surface area contributed by atoms with Crippen LogP contribution in [-0.2, 0) is 17.9 Å². The fraction of sp³-hybridized carbons (Fsp3) is 0.263. The van der Waals surface area contributed by atoms with E-state index >= 15 is 0 Å². The van der Waals surface area contributed by atoms with Gasteiger partial charge in [0.2, 0.25) is 0 Å². The van der Waals surface area contributed by atoms with Crippen LogP contribution in [0.25, 0.3) is 0 Å². The van der Waals surface area contributed by atoms with Crippen molar-refractivity contribution in [2.24, 2.45) is 0 Å². The molecule has 1 amide bonds. The third kappa shape index (κ3) is 4.66. The number of carbonyl (C=O) groups is 2. The number of hydrogen-bond donors (Lipinski definition) is 2. The van der Waals surface area contributed by atoms with E-state index < -0.39 is 5.97 Å². The molecule has 0 aliphatic carbocycles. The van der Waals surface area contributed by atoms with E-state index in [9.17, 15) is 9.59 Å². The summed E-state index contributed by atoms with van der Waals surface area (Å²) < 4.78 is 4.35. The Balaban J connectivity index is 1.68. The summed E-state index contributed by atoms with van der Waals surface area (Å²) in [5, 5.41) is 20.1. The molecule has 0 radical (unpaired) electrons. The molecular weight excluding hydrogens is 426 g/mol. The molecule has 0 spiro atoms. The van der Waals surface area contributed by atoms with Crippen molar-refractivity contribution >= 4 is 33.5 Å². The fourth-order valence-corrected chi connectivity index (χ4v) is 3.05. The molecule has 2 aromatic heterocycles. The molecule has 2 heterocycles. The van der Waals surface area contributed by atoms with Gasteiger partial charge in [0, 0.05) is 11.9 Å². The second kappa shape index (κ2) is 8.39. The second-order valence-electron chi connectivity index (χ2n) is 6.43. The molecule has 9 heteroatoms. The third-order valence-corrected chi connectivity index (χ3v) is 5.41. The first kappa shape index (κ1) is 19.8. The van der Waals surface area contributed by atoms with Crippen molar-refractivity contribution < 1.29 is 14.7 Å². The summed E-state index contributed by atoms with van der Waals surface area (Å²) in [6.45, 7) is 4.75. The van der Waals surface area contributed by atoms with E-state index in [-0.39, 0.29) is 18.9 Å². The number of hydrogen-bond acceptors (Lipinski definition) is 4. The van der Waals surface area contributed by atoms with Gasteiger partial charge >= 0.3 is 5.97 Å². The van der Waals surface area contributed by atoms with Gasteiger partial charge in [-0.3, -0.25) is 19.0 Å². The number of halogens is 1. The standard InChI is InChI=1S/C19H20BrN5O3/c1-12-18(20)13(2)25(23-12)10-14-4-3-5-16(8-14)22-19(28)15-9-21-24(11-15)7-6-17(26)27/h3-5,8-9,11H,6-7,10H2,1-2H3,(H,22,28)(H,26,27). The average Bonchev–Trinajstić information content (AvgIpc) is 3.22. The summed E-state index contributed by atoms with van der Waals surface area (Å²) in [5.74, 6) is -1.21. The second-order valence-corrected chi connectivity index (χ2v) is 7.23. The zero-order chi connectivity index (χ0) is 20.3. The lowest BCUT2D eigenvalue weighted by atomic mass is 10.2. The summed E-state index contributed by atoms with van der Waals surface area (Å²) in [6.07, 6.45) is 2.91. The molecule has 8 nitrogen and oxygen atoms in total. The van der Waals surface area contributed by atoms with Crippen LogP contribution in [0.3, 0.4) is 0 Å². The molecule has 0 atom stereocenters. The molecule has 1 aromatic carbocycles. The molecule has 146 valence electrons. The maximum absolute atomic E-state index is 12.4. The van der Waals surface area contributed by atoms with E-state index in [1.54, 1.807) is 0 Å². The number of aliphatic carboxylic acids is 1. The first-order valence-electron chi connectivity index (χ1n) is 8.67. The Kier molecular flexibility index (Phi) is 5.93. The zero-order valence-corrected chi connectivity index (χ0v) is 17.1. The molecule has 0 bridgehead atoms. The maximum atomic E-state index is 12.4. The van der Waals surface area contributed by atoms with Crippen LogP contribution in [0.4, 0.5) is 5.69 Å². The monoisotopic (exact) mass is 445 g/mol. The first-order chi connectivity index (χ1) is 13.3. The van der Waals surface area contributed by atoms with E-state index in [1.807, 2.05) is 42.8 Å². The van der Waals surface area contributed by atoms with Crippen LogP contribution >= 0.6 is 15.9 Å². The molecular formula is C19H20BrN5O3. The lowest BCUT2D eigenvalue weighted by Gasteiger charge is -2.08. The molecule has 0 fully saturated rings. The number of rotatable bonds is 7. The Hall–Kier alpha value is -2.94. The van der Waals surface area contributed by atoms with Crippen molar-refractivity contribution in [3.63, 3.8) is 0 Å². The smallest absolute Gasteiger partial charge is 0.305 e. The normalized spacial score (nSPS) is 10.8. The van der Waals surface area contributed by atoms with Gasteiger partial charge in [0.05, 0.1) is 47.1 Å². The number of carbonyl (C=O) groups excluding carboxylic acids is 1. The maximum Gasteiger partial charge on any atom is 0.305 e. The quantitative estimate of drug-likeness (QED) is 0.580. The number of nitrogens with zero attached hydrogens (tertiary/aromatic N) is 4. The topological polar surface area (TPSA) is 102 Å². The predicted octanol–water partition coefficient (Wildman–Crippen LogP) is 3.23. The van der Waals surface area contributed by atoms with E-state index in [4.69, 9.17) is 5.11 Å². The minimum atomic E-state index is -0.909. The number of carboxylic acid groups (broad SMARTS) is 1. The van der Waals surface area contributed by atoms with E-state index in [0.717, 1.165) is 21.4 Å². The van der Waals surface area contributed by atoms with Gasteiger partial charge in [-0.25, -0.2) is 0 Å². The van der Waals surface area contributed by atoms with Crippen LogP contribution in [-0.4, -0.2) is 36.5 Å². The number of aromatic nitrogens is 4. The van der Waals surface area contributed by atoms with Crippen LogP contribution in [0.2, 0.25) is 0 Å². The SMILES string of the molecule is Cc1nn(Cc2cccc(NC(=O)c3cnn(CCC(=O)O)c3)c2)c(C)c1Br. The van der Waals surface area contributed by atoms with Crippen LogP contribution in [0.15, 0.2) is 41.1 Å². The molecule has 0 saturated carbocycles. The highest BCUT2D eigenvalue weighted by Crippen LogP contribution is 2.21. The van der Waals surface area contributed by atoms with E-state index in [0.29, 0.717) is 17.8 Å². The highest BCUT2D eigenvalue weighted by Gasteiger charge is 2.12. The van der Waals surface area contributed by atoms with Crippen molar-refractivity contribution in [3.8, 4) is 0 Å². The molecule has 0 saturated heterocycles. The minimum absolute atomic E-state index is 0.0484. The molecule has 3 rings (SSSR count). The zero-order valence-electron chi connectivity index (χ0n) is 15.5. The number of nitrogens with one attached hydrogen (secondary N) is 1. The Morgan fingerprint density at radius 3 is 2.75 bits per heavy atom. The van der Waals surface area contributed by atoms with Crippen LogP contribution in [0, 0.1) is 13.8 Å². The summed E-state index contributed by atoms with van der Waals surface area (Å²) in [6, 6.07) is 7.57. The van der Waals surface area contributed by atoms with Gasteiger partial charge in [-0.15, -0.1) is 0 Å². The Labute approximate surface area is 170 Å². The summed E-state index contributed by atoms with van der Waals surface area (Å²) in [4.78, 5) is 23.1. The lowest BCUT2D eigenvalue weighted by molar-refractivity contribution is -0.137. The van der Waals surface area contributed by atoms with Crippen molar-refractivity contribution in [3.05, 3.63) is 63.6 Å². The highest BCUT2D eigenvalue weighted by molar-refractivity contribution is 9.10. The molecule has 0 aliphatic heterocycles. The summed E-state index contributed by atoms with van der Waals surface area (Å²) in [5.41, 5.74) is 4.02. The third-order valence-electron chi connectivity index (χ3n) is 4.26. The minimum Gasteiger partial charge on any atom is -0.481 e. The Morgan fingerprint density at radius 1 is 1.29 bits per heavy atom. The van der Waals surface area contributed by atoms with E-state index in [1.165, 1.54) is 17.1 Å². The number of anilines is 1. The largest absolute Gasteiger partial charge is 0.481 e. The van der Waals surface area contributed by atoms with Gasteiger partial charge in [0.15, 0.2) is 0 Å². The van der Waals surface area contributed by atoms with Crippen molar-refractivity contribution in [2.75, 3.05) is 5.32 Å². The number of benzene rings is 1. The number of amides is 1. The van der Waals surface area contributed by atoms with Crippen molar-refractivity contribution in [1.29, 1.82) is 0 Å². The van der Waals surface area contributed by atoms with Crippen molar-refractivity contribution in [2.45, 2.75) is 33.4 Å². The molecule has 0 unspecified atom stereocenters. The first-order valence-corrected chi connectivity index (χ1v) is 9.47. The van der Waals surface area contributed by atoms with Gasteiger partial charge in [0.1, 0.15) is 0 Å². The van der Waals surface area contributed by atoms with Crippen LogP contribution < -0.4 is 5.32 Å². The summed E-state index contributed by atoms with van der Waals surface area (Å²) in [7, 11) is 0.